The Morgan fingerprint density at radius 1 is 1.21 bits per heavy atom. The summed E-state index contributed by atoms with van der Waals surface area (Å²) in [5.41, 5.74) is 3.34. The molecule has 6 heteroatoms. The fraction of sp³-hybridized carbons (Fsp3) is 0.278. The highest BCUT2D eigenvalue weighted by atomic mass is 127. The van der Waals surface area contributed by atoms with Crippen molar-refractivity contribution in [2.75, 3.05) is 6.54 Å². The molecule has 4 nitrogen and oxygen atoms in total. The number of fused-ring (bicyclic) bond motifs is 1. The molecule has 3 aromatic rings. The number of hydrogen-bond donors (Lipinski definition) is 2. The van der Waals surface area contributed by atoms with Crippen LogP contribution in [-0.2, 0) is 13.1 Å². The number of hydrogen-bond acceptors (Lipinski definition) is 3. The van der Waals surface area contributed by atoms with Crippen LogP contribution in [0, 0.1) is 6.92 Å². The highest BCUT2D eigenvalue weighted by molar-refractivity contribution is 14.0. The average Bonchev–Trinajstić information content (AvgIpc) is 3.19. The Bertz CT molecular complexity index is 796. The number of nitrogens with zero attached hydrogens (tertiary/aromatic N) is 1. The maximum Gasteiger partial charge on any atom is 0.191 e. The summed E-state index contributed by atoms with van der Waals surface area (Å²) >= 11 is 1.69. The van der Waals surface area contributed by atoms with Gasteiger partial charge in [0, 0.05) is 17.5 Å². The number of halogens is 1. The molecule has 2 heterocycles. The third kappa shape index (κ3) is 4.51. The van der Waals surface area contributed by atoms with Crippen molar-refractivity contribution in [3.05, 3.63) is 58.0 Å². The van der Waals surface area contributed by atoms with Gasteiger partial charge in [-0.05, 0) is 42.3 Å². The Morgan fingerprint density at radius 3 is 2.75 bits per heavy atom. The van der Waals surface area contributed by atoms with Gasteiger partial charge >= 0.3 is 0 Å². The molecule has 2 aromatic heterocycles. The summed E-state index contributed by atoms with van der Waals surface area (Å²) in [6.07, 6.45) is 0. The van der Waals surface area contributed by atoms with Crippen LogP contribution in [0.1, 0.15) is 23.8 Å². The van der Waals surface area contributed by atoms with E-state index in [-0.39, 0.29) is 24.0 Å². The molecule has 0 fully saturated rings. The second-order valence-corrected chi connectivity index (χ2v) is 6.11. The van der Waals surface area contributed by atoms with Gasteiger partial charge in [0.2, 0.25) is 0 Å². The van der Waals surface area contributed by atoms with Gasteiger partial charge in [0.05, 0.1) is 13.1 Å². The zero-order chi connectivity index (χ0) is 16.1. The molecule has 2 N–H and O–H groups in total. The van der Waals surface area contributed by atoms with E-state index >= 15 is 0 Å². The molecule has 0 radical (unpaired) electrons. The molecular formula is C18H22IN3OS. The summed E-state index contributed by atoms with van der Waals surface area (Å²) in [6.45, 7) is 6.29. The number of thiophene rings is 1. The van der Waals surface area contributed by atoms with Gasteiger partial charge in [-0.15, -0.1) is 24.0 Å². The van der Waals surface area contributed by atoms with Crippen LogP contribution < -0.4 is 10.6 Å². The largest absolute Gasteiger partial charge is 0.459 e. The minimum atomic E-state index is 0. The lowest BCUT2D eigenvalue weighted by atomic mass is 10.1. The van der Waals surface area contributed by atoms with E-state index in [0.29, 0.717) is 13.1 Å². The molecule has 128 valence electrons. The van der Waals surface area contributed by atoms with Gasteiger partial charge < -0.3 is 15.1 Å². The molecular weight excluding hydrogens is 433 g/mol. The Hall–Kier alpha value is -1.54. The van der Waals surface area contributed by atoms with E-state index in [1.165, 1.54) is 16.5 Å². The third-order valence-corrected chi connectivity index (χ3v) is 4.43. The average molecular weight is 455 g/mol. The Kier molecular flexibility index (Phi) is 7.11. The summed E-state index contributed by atoms with van der Waals surface area (Å²) in [5.74, 6) is 1.76. The van der Waals surface area contributed by atoms with Gasteiger partial charge in [0.15, 0.2) is 5.96 Å². The zero-order valence-electron chi connectivity index (χ0n) is 13.8. The van der Waals surface area contributed by atoms with Crippen molar-refractivity contribution in [2.24, 2.45) is 4.99 Å². The van der Waals surface area contributed by atoms with Gasteiger partial charge in [-0.3, -0.25) is 0 Å². The Labute approximate surface area is 163 Å². The van der Waals surface area contributed by atoms with Crippen LogP contribution in [0.25, 0.3) is 11.0 Å². The van der Waals surface area contributed by atoms with Gasteiger partial charge in [-0.1, -0.05) is 18.2 Å². The fourth-order valence-corrected chi connectivity index (χ4v) is 3.11. The van der Waals surface area contributed by atoms with Gasteiger partial charge in [-0.2, -0.15) is 11.3 Å². The van der Waals surface area contributed by atoms with Crippen molar-refractivity contribution in [3.63, 3.8) is 0 Å². The van der Waals surface area contributed by atoms with Crippen LogP contribution in [-0.4, -0.2) is 12.5 Å². The molecule has 24 heavy (non-hydrogen) atoms. The first-order valence-corrected chi connectivity index (χ1v) is 8.72. The van der Waals surface area contributed by atoms with E-state index < -0.39 is 0 Å². The maximum atomic E-state index is 5.93. The van der Waals surface area contributed by atoms with E-state index in [1.807, 2.05) is 18.2 Å². The number of guanidine groups is 1. The quantitative estimate of drug-likeness (QED) is 0.334. The molecule has 0 atom stereocenters. The van der Waals surface area contributed by atoms with Gasteiger partial charge in [-0.25, -0.2) is 4.99 Å². The lowest BCUT2D eigenvalue weighted by molar-refractivity contribution is 0.534. The van der Waals surface area contributed by atoms with E-state index in [2.05, 4.69) is 52.4 Å². The molecule has 0 aliphatic heterocycles. The van der Waals surface area contributed by atoms with Gasteiger partial charge in [0.1, 0.15) is 11.3 Å². The minimum Gasteiger partial charge on any atom is -0.459 e. The maximum absolute atomic E-state index is 5.93. The summed E-state index contributed by atoms with van der Waals surface area (Å²) in [5, 5.41) is 12.0. The first-order chi connectivity index (χ1) is 11.3. The van der Waals surface area contributed by atoms with Crippen LogP contribution in [0.2, 0.25) is 0 Å². The molecule has 0 aliphatic rings. The molecule has 0 bridgehead atoms. The van der Waals surface area contributed by atoms with Crippen LogP contribution >= 0.6 is 35.3 Å². The van der Waals surface area contributed by atoms with E-state index in [0.717, 1.165) is 23.8 Å². The van der Waals surface area contributed by atoms with Crippen LogP contribution in [0.3, 0.4) is 0 Å². The monoisotopic (exact) mass is 455 g/mol. The van der Waals surface area contributed by atoms with Crippen molar-refractivity contribution >= 4 is 52.2 Å². The van der Waals surface area contributed by atoms with Gasteiger partial charge in [0.25, 0.3) is 0 Å². The normalized spacial score (nSPS) is 11.3. The number of benzene rings is 1. The molecule has 0 saturated carbocycles. The summed E-state index contributed by atoms with van der Waals surface area (Å²) in [4.78, 5) is 4.61. The van der Waals surface area contributed by atoms with Crippen molar-refractivity contribution in [3.8, 4) is 0 Å². The van der Waals surface area contributed by atoms with E-state index in [9.17, 15) is 0 Å². The smallest absolute Gasteiger partial charge is 0.191 e. The molecule has 0 aliphatic carbocycles. The second-order valence-electron chi connectivity index (χ2n) is 5.33. The topological polar surface area (TPSA) is 49.6 Å². The highest BCUT2D eigenvalue weighted by Gasteiger charge is 2.10. The number of aliphatic imine (C=N–C) groups is 1. The van der Waals surface area contributed by atoms with E-state index in [4.69, 9.17) is 4.42 Å². The summed E-state index contributed by atoms with van der Waals surface area (Å²) < 4.78 is 5.93. The second kappa shape index (κ2) is 9.08. The minimum absolute atomic E-state index is 0. The lowest BCUT2D eigenvalue weighted by Gasteiger charge is -2.10. The van der Waals surface area contributed by atoms with E-state index in [1.54, 1.807) is 11.3 Å². The molecule has 3 rings (SSSR count). The highest BCUT2D eigenvalue weighted by Crippen LogP contribution is 2.24. The van der Waals surface area contributed by atoms with Crippen molar-refractivity contribution in [1.29, 1.82) is 0 Å². The van der Waals surface area contributed by atoms with Crippen LogP contribution in [0.5, 0.6) is 0 Å². The number of para-hydroxylation sites is 1. The Morgan fingerprint density at radius 2 is 2.04 bits per heavy atom. The van der Waals surface area contributed by atoms with Crippen molar-refractivity contribution < 1.29 is 4.42 Å². The van der Waals surface area contributed by atoms with Crippen LogP contribution in [0.4, 0.5) is 0 Å². The number of furan rings is 1. The summed E-state index contributed by atoms with van der Waals surface area (Å²) in [7, 11) is 0. The van der Waals surface area contributed by atoms with Crippen LogP contribution in [0.15, 0.2) is 50.5 Å². The third-order valence-electron chi connectivity index (χ3n) is 3.70. The SMILES string of the molecule is CCNC(=NCc1ccsc1)NCc1oc2ccccc2c1C.I. The predicted molar refractivity (Wildman–Crippen MR) is 112 cm³/mol. The number of aryl methyl sites for hydroxylation is 1. The standard InChI is InChI=1S/C18H21N3OS.HI/c1-3-19-18(20-10-14-8-9-23-12-14)21-11-17-13(2)15-6-4-5-7-16(15)22-17;/h4-9,12H,3,10-11H2,1-2H3,(H2,19,20,21);1H. The first kappa shape index (κ1) is 18.8. The lowest BCUT2D eigenvalue weighted by Crippen LogP contribution is -2.36. The zero-order valence-corrected chi connectivity index (χ0v) is 17.0. The molecule has 1 aromatic carbocycles. The molecule has 0 amide bonds. The molecule has 0 saturated heterocycles. The van der Waals surface area contributed by atoms with Crippen molar-refractivity contribution in [2.45, 2.75) is 26.9 Å². The number of rotatable bonds is 5. The molecule has 0 spiro atoms. The fourth-order valence-electron chi connectivity index (χ4n) is 2.45. The number of nitrogens with one attached hydrogen (secondary N) is 2. The van der Waals surface area contributed by atoms with Crippen molar-refractivity contribution in [1.82, 2.24) is 10.6 Å². The first-order valence-electron chi connectivity index (χ1n) is 7.78. The predicted octanol–water partition coefficient (Wildman–Crippen LogP) is 4.68. The summed E-state index contributed by atoms with van der Waals surface area (Å²) in [6, 6.07) is 10.2. The Balaban J connectivity index is 0.00000208. The molecule has 0 unspecified atom stereocenters.